The van der Waals surface area contributed by atoms with E-state index in [9.17, 15) is 13.8 Å². The van der Waals surface area contributed by atoms with Crippen molar-refractivity contribution in [2.45, 2.75) is 56.9 Å². The Labute approximate surface area is 238 Å². The van der Waals surface area contributed by atoms with E-state index >= 15 is 0 Å². The van der Waals surface area contributed by atoms with E-state index in [2.05, 4.69) is 9.35 Å². The Kier molecular flexibility index (Phi) is 7.24. The van der Waals surface area contributed by atoms with Crippen molar-refractivity contribution in [2.75, 3.05) is 19.8 Å². The molecule has 0 aliphatic carbocycles. The molecule has 0 radical (unpaired) electrons. The number of pyridine rings is 1. The fourth-order valence-electron chi connectivity index (χ4n) is 5.23. The van der Waals surface area contributed by atoms with Crippen LogP contribution in [-0.2, 0) is 22.7 Å². The van der Waals surface area contributed by atoms with E-state index in [1.807, 2.05) is 36.4 Å². The van der Waals surface area contributed by atoms with Gasteiger partial charge in [0, 0.05) is 49.6 Å². The summed E-state index contributed by atoms with van der Waals surface area (Å²) in [5.74, 6) is -0.316. The van der Waals surface area contributed by atoms with Crippen molar-refractivity contribution in [1.29, 1.82) is 0 Å². The molecule has 1 aromatic carbocycles. The minimum absolute atomic E-state index is 0.0548. The first-order valence-corrected chi connectivity index (χ1v) is 15.3. The highest BCUT2D eigenvalue weighted by Gasteiger charge is 2.40. The molecule has 0 unspecified atom stereocenters. The Morgan fingerprint density at radius 2 is 1.90 bits per heavy atom. The molecule has 0 fully saturated rings. The second-order valence-corrected chi connectivity index (χ2v) is 13.4. The Morgan fingerprint density at radius 1 is 1.15 bits per heavy atom. The van der Waals surface area contributed by atoms with Gasteiger partial charge in [-0.2, -0.15) is 5.10 Å². The lowest BCUT2D eigenvalue weighted by Gasteiger charge is -2.37. The molecule has 9 nitrogen and oxygen atoms in total. The minimum Gasteiger partial charge on any atom is -0.331 e. The zero-order valence-corrected chi connectivity index (χ0v) is 24.7. The molecular formula is C27H30Cl2N6O3S. The van der Waals surface area contributed by atoms with Crippen molar-refractivity contribution in [1.82, 2.24) is 24.6 Å². The van der Waals surface area contributed by atoms with E-state index in [4.69, 9.17) is 28.3 Å². The summed E-state index contributed by atoms with van der Waals surface area (Å²) in [7, 11) is -1.03. The predicted molar refractivity (Wildman–Crippen MR) is 151 cm³/mol. The number of carbonyl (C=O) groups is 2. The maximum absolute atomic E-state index is 13.9. The Balaban J connectivity index is 1.45. The largest absolute Gasteiger partial charge is 0.331 e. The molecule has 12 heteroatoms. The second kappa shape index (κ2) is 10.2. The zero-order valence-electron chi connectivity index (χ0n) is 22.4. The van der Waals surface area contributed by atoms with Gasteiger partial charge in [0.25, 0.3) is 11.8 Å². The van der Waals surface area contributed by atoms with Gasteiger partial charge in [-0.15, -0.1) is 0 Å². The van der Waals surface area contributed by atoms with Gasteiger partial charge in [-0.25, -0.2) is 13.6 Å². The van der Waals surface area contributed by atoms with E-state index in [-0.39, 0.29) is 36.5 Å². The van der Waals surface area contributed by atoms with E-state index in [1.165, 1.54) is 7.05 Å². The SMILES string of the molecule is CN=[S@](C)(=O)c1ccc([C@H](C)N2C[C@@H](C)n3nc4c(c3C2=O)CN(C(=O)c2ccc(Cl)c(Cl)c2)[C@H](C)C4)cn1. The molecule has 2 aromatic heterocycles. The standard InChI is InChI=1S/C27H30Cl2N6O3S/c1-15-10-23-20(14-33(15)26(36)18-6-8-21(28)22(29)11-18)25-27(37)34(13-16(2)35(25)32-23)17(3)19-7-9-24(31-12-19)39(5,38)30-4/h6-9,11-12,15-17H,10,13-14H2,1-5H3/t15-,16-,17+,39-/m1/s1. The third-order valence-corrected chi connectivity index (χ3v) is 10.1. The summed E-state index contributed by atoms with van der Waals surface area (Å²) in [4.78, 5) is 35.4. The van der Waals surface area contributed by atoms with Gasteiger partial charge < -0.3 is 9.80 Å². The minimum atomic E-state index is -2.54. The van der Waals surface area contributed by atoms with Crippen LogP contribution in [0.4, 0.5) is 0 Å². The van der Waals surface area contributed by atoms with Crippen molar-refractivity contribution in [3.8, 4) is 0 Å². The van der Waals surface area contributed by atoms with Gasteiger partial charge in [0.05, 0.1) is 44.1 Å². The molecule has 2 aliphatic heterocycles. The monoisotopic (exact) mass is 588 g/mol. The summed E-state index contributed by atoms with van der Waals surface area (Å²) in [5.41, 5.74) is 3.41. The number of rotatable bonds is 4. The average Bonchev–Trinajstić information content (AvgIpc) is 3.30. The highest BCUT2D eigenvalue weighted by atomic mass is 35.5. The van der Waals surface area contributed by atoms with Crippen LogP contribution in [0, 0.1) is 0 Å². The number of hydrogen-bond donors (Lipinski definition) is 0. The summed E-state index contributed by atoms with van der Waals surface area (Å²) < 4.78 is 18.3. The molecule has 4 atom stereocenters. The van der Waals surface area contributed by atoms with Gasteiger partial charge in [0.2, 0.25) is 0 Å². The van der Waals surface area contributed by atoms with Crippen LogP contribution in [0.3, 0.4) is 0 Å². The van der Waals surface area contributed by atoms with Gasteiger partial charge in [-0.1, -0.05) is 29.3 Å². The van der Waals surface area contributed by atoms with E-state index < -0.39 is 9.73 Å². The molecule has 39 heavy (non-hydrogen) atoms. The van der Waals surface area contributed by atoms with Crippen molar-refractivity contribution < 1.29 is 13.8 Å². The lowest BCUT2D eigenvalue weighted by Crippen LogP contribution is -2.45. The number of aromatic nitrogens is 3. The average molecular weight is 590 g/mol. The molecule has 3 aromatic rings. The first-order chi connectivity index (χ1) is 18.4. The topological polar surface area (TPSA) is 101 Å². The lowest BCUT2D eigenvalue weighted by molar-refractivity contribution is 0.0574. The molecule has 206 valence electrons. The molecule has 0 N–H and O–H groups in total. The fraction of sp³-hybridized carbons (Fsp3) is 0.407. The molecule has 5 rings (SSSR count). The highest BCUT2D eigenvalue weighted by Crippen LogP contribution is 2.35. The van der Waals surface area contributed by atoms with Crippen LogP contribution in [0.15, 0.2) is 45.9 Å². The lowest BCUT2D eigenvalue weighted by atomic mass is 9.96. The normalized spacial score (nSPS) is 21.2. The number of carbonyl (C=O) groups excluding carboxylic acids is 2. The third-order valence-electron chi connectivity index (χ3n) is 7.66. The first kappa shape index (κ1) is 27.6. The number of benzene rings is 1. The van der Waals surface area contributed by atoms with E-state index in [1.54, 1.807) is 41.6 Å². The van der Waals surface area contributed by atoms with Crippen molar-refractivity contribution >= 4 is 44.7 Å². The molecule has 0 saturated carbocycles. The van der Waals surface area contributed by atoms with Crippen molar-refractivity contribution in [2.24, 2.45) is 4.36 Å². The molecule has 0 bridgehead atoms. The number of hydrogen-bond acceptors (Lipinski definition) is 6. The van der Waals surface area contributed by atoms with Crippen LogP contribution >= 0.6 is 23.2 Å². The van der Waals surface area contributed by atoms with Gasteiger partial charge >= 0.3 is 0 Å². The molecule has 0 spiro atoms. The summed E-state index contributed by atoms with van der Waals surface area (Å²) in [5, 5.41) is 5.93. The van der Waals surface area contributed by atoms with Gasteiger partial charge in [-0.05, 0) is 50.6 Å². The van der Waals surface area contributed by atoms with Crippen LogP contribution in [0.1, 0.15) is 70.5 Å². The fourth-order valence-corrected chi connectivity index (χ4v) is 6.28. The molecule has 4 heterocycles. The summed E-state index contributed by atoms with van der Waals surface area (Å²) in [6, 6.07) is 7.96. The Hall–Kier alpha value is -2.95. The van der Waals surface area contributed by atoms with Crippen LogP contribution in [0.2, 0.25) is 10.0 Å². The van der Waals surface area contributed by atoms with Crippen LogP contribution in [0.25, 0.3) is 0 Å². The molecule has 2 amide bonds. The number of nitrogens with zero attached hydrogens (tertiary/aromatic N) is 6. The maximum Gasteiger partial charge on any atom is 0.273 e. The summed E-state index contributed by atoms with van der Waals surface area (Å²) in [6.07, 6.45) is 3.75. The molecule has 2 aliphatic rings. The molecular weight excluding hydrogens is 559 g/mol. The van der Waals surface area contributed by atoms with Crippen LogP contribution < -0.4 is 0 Å². The summed E-state index contributed by atoms with van der Waals surface area (Å²) >= 11 is 12.2. The van der Waals surface area contributed by atoms with Crippen molar-refractivity contribution in [3.05, 3.63) is 74.7 Å². The van der Waals surface area contributed by atoms with E-state index in [0.29, 0.717) is 39.3 Å². The molecule has 0 saturated heterocycles. The third kappa shape index (κ3) is 4.83. The second-order valence-electron chi connectivity index (χ2n) is 10.2. The van der Waals surface area contributed by atoms with E-state index in [0.717, 1.165) is 16.8 Å². The number of halogens is 2. The number of amides is 2. The van der Waals surface area contributed by atoms with Crippen molar-refractivity contribution in [3.63, 3.8) is 0 Å². The van der Waals surface area contributed by atoms with Gasteiger partial charge in [-0.3, -0.25) is 14.3 Å². The smallest absolute Gasteiger partial charge is 0.273 e. The maximum atomic E-state index is 13.9. The summed E-state index contributed by atoms with van der Waals surface area (Å²) in [6.45, 7) is 6.72. The quantitative estimate of drug-likeness (QED) is 0.425. The van der Waals surface area contributed by atoms with Crippen LogP contribution in [0.5, 0.6) is 0 Å². The number of fused-ring (bicyclic) bond motifs is 3. The highest BCUT2D eigenvalue weighted by molar-refractivity contribution is 7.92. The van der Waals surface area contributed by atoms with Gasteiger partial charge in [0.15, 0.2) is 0 Å². The predicted octanol–water partition coefficient (Wildman–Crippen LogP) is 5.04. The van der Waals surface area contributed by atoms with Crippen LogP contribution in [-0.4, -0.2) is 66.5 Å². The first-order valence-electron chi connectivity index (χ1n) is 12.7. The zero-order chi connectivity index (χ0) is 28.2. The Morgan fingerprint density at radius 3 is 2.54 bits per heavy atom. The van der Waals surface area contributed by atoms with Gasteiger partial charge in [0.1, 0.15) is 10.7 Å². The Bertz CT molecular complexity index is 1600.